The van der Waals surface area contributed by atoms with Crippen LogP contribution in [0.25, 0.3) is 27.9 Å². The first-order valence-corrected chi connectivity index (χ1v) is 10.1. The number of aromatic nitrogens is 4. The number of hydrogen-bond acceptors (Lipinski definition) is 5. The molecule has 3 aromatic heterocycles. The van der Waals surface area contributed by atoms with Crippen LogP contribution in [0.4, 0.5) is 5.69 Å². The molecule has 0 amide bonds. The van der Waals surface area contributed by atoms with E-state index >= 15 is 0 Å². The molecule has 0 spiro atoms. The van der Waals surface area contributed by atoms with Crippen molar-refractivity contribution in [2.45, 2.75) is 6.92 Å². The average molecular weight is 397 g/mol. The van der Waals surface area contributed by atoms with Gasteiger partial charge in [0.15, 0.2) is 0 Å². The number of pyridine rings is 1. The quantitative estimate of drug-likeness (QED) is 0.574. The van der Waals surface area contributed by atoms with Crippen molar-refractivity contribution in [3.05, 3.63) is 60.0 Å². The minimum Gasteiger partial charge on any atom is -0.369 e. The predicted molar refractivity (Wildman–Crippen MR) is 117 cm³/mol. The molecule has 0 unspecified atom stereocenters. The molecule has 1 aliphatic heterocycles. The summed E-state index contributed by atoms with van der Waals surface area (Å²) in [5, 5.41) is 21.4. The maximum absolute atomic E-state index is 9.59. The number of fused-ring (bicyclic) bond motifs is 1. The van der Waals surface area contributed by atoms with Gasteiger partial charge in [-0.1, -0.05) is 12.1 Å². The number of likely N-dealkylation sites (N-methyl/N-ethyl adjacent to an activating group) is 1. The van der Waals surface area contributed by atoms with Gasteiger partial charge in [-0.3, -0.25) is 5.10 Å². The molecule has 5 rings (SSSR count). The molecule has 4 aromatic rings. The lowest BCUT2D eigenvalue weighted by molar-refractivity contribution is 0.313. The molecule has 1 saturated heterocycles. The van der Waals surface area contributed by atoms with Gasteiger partial charge in [0.1, 0.15) is 6.07 Å². The van der Waals surface area contributed by atoms with E-state index in [-0.39, 0.29) is 0 Å². The van der Waals surface area contributed by atoms with E-state index in [1.807, 2.05) is 19.2 Å². The first-order chi connectivity index (χ1) is 14.6. The van der Waals surface area contributed by atoms with Gasteiger partial charge in [0.05, 0.1) is 23.0 Å². The van der Waals surface area contributed by atoms with Gasteiger partial charge >= 0.3 is 0 Å². The van der Waals surface area contributed by atoms with Gasteiger partial charge < -0.3 is 9.80 Å². The second-order valence-electron chi connectivity index (χ2n) is 7.88. The van der Waals surface area contributed by atoms with Crippen LogP contribution in [0.1, 0.15) is 11.3 Å². The van der Waals surface area contributed by atoms with Crippen molar-refractivity contribution in [2.24, 2.45) is 0 Å². The number of benzene rings is 1. The largest absolute Gasteiger partial charge is 0.369 e. The van der Waals surface area contributed by atoms with E-state index in [1.165, 1.54) is 5.69 Å². The summed E-state index contributed by atoms with van der Waals surface area (Å²) in [5.41, 5.74) is 7.48. The summed E-state index contributed by atoms with van der Waals surface area (Å²) >= 11 is 0. The van der Waals surface area contributed by atoms with Crippen molar-refractivity contribution in [1.29, 1.82) is 5.26 Å². The topological polar surface area (TPSA) is 76.2 Å². The molecular formula is C23H23N7. The minimum absolute atomic E-state index is 0.568. The summed E-state index contributed by atoms with van der Waals surface area (Å²) in [7, 11) is 2.16. The number of anilines is 1. The van der Waals surface area contributed by atoms with E-state index in [4.69, 9.17) is 0 Å². The molecule has 7 heteroatoms. The average Bonchev–Trinajstić information content (AvgIpc) is 3.40. The fraction of sp³-hybridized carbons (Fsp3) is 0.261. The Morgan fingerprint density at radius 3 is 2.47 bits per heavy atom. The summed E-state index contributed by atoms with van der Waals surface area (Å²) in [4.78, 5) is 4.77. The Bertz CT molecular complexity index is 1240. The summed E-state index contributed by atoms with van der Waals surface area (Å²) in [6.07, 6.45) is 3.55. The number of piperazine rings is 1. The number of rotatable bonds is 3. The van der Waals surface area contributed by atoms with Crippen molar-refractivity contribution in [3.63, 3.8) is 0 Å². The number of H-pyrrole nitrogens is 1. The lowest BCUT2D eigenvalue weighted by Gasteiger charge is -2.34. The fourth-order valence-corrected chi connectivity index (χ4v) is 4.05. The molecule has 1 fully saturated rings. The predicted octanol–water partition coefficient (Wildman–Crippen LogP) is 3.32. The first kappa shape index (κ1) is 18.4. The van der Waals surface area contributed by atoms with Crippen LogP contribution in [-0.4, -0.2) is 57.9 Å². The molecule has 30 heavy (non-hydrogen) atoms. The van der Waals surface area contributed by atoms with Gasteiger partial charge in [0, 0.05) is 54.9 Å². The highest BCUT2D eigenvalue weighted by molar-refractivity contribution is 5.87. The van der Waals surface area contributed by atoms with Gasteiger partial charge in [-0.2, -0.15) is 15.5 Å². The lowest BCUT2D eigenvalue weighted by Crippen LogP contribution is -2.44. The third-order valence-corrected chi connectivity index (χ3v) is 5.78. The van der Waals surface area contributed by atoms with Crippen LogP contribution in [0.3, 0.4) is 0 Å². The Morgan fingerprint density at radius 1 is 1.03 bits per heavy atom. The number of nitrogens with one attached hydrogen (secondary N) is 1. The Morgan fingerprint density at radius 2 is 1.80 bits per heavy atom. The van der Waals surface area contributed by atoms with Crippen molar-refractivity contribution in [1.82, 2.24) is 24.7 Å². The number of hydrogen-bond donors (Lipinski definition) is 1. The van der Waals surface area contributed by atoms with Crippen LogP contribution in [0.5, 0.6) is 0 Å². The molecule has 7 nitrogen and oxygen atoms in total. The van der Waals surface area contributed by atoms with E-state index in [2.05, 4.69) is 68.5 Å². The van der Waals surface area contributed by atoms with Crippen LogP contribution in [0.2, 0.25) is 0 Å². The zero-order valence-electron chi connectivity index (χ0n) is 17.1. The maximum Gasteiger partial charge on any atom is 0.103 e. The number of aromatic amines is 1. The van der Waals surface area contributed by atoms with Gasteiger partial charge in [0.2, 0.25) is 0 Å². The lowest BCUT2D eigenvalue weighted by atomic mass is 10.0. The summed E-state index contributed by atoms with van der Waals surface area (Å²) < 4.78 is 1.78. The molecule has 0 atom stereocenters. The van der Waals surface area contributed by atoms with Crippen LogP contribution in [-0.2, 0) is 0 Å². The second-order valence-corrected chi connectivity index (χ2v) is 7.88. The zero-order chi connectivity index (χ0) is 20.7. The van der Waals surface area contributed by atoms with Gasteiger partial charge in [0.25, 0.3) is 0 Å². The van der Waals surface area contributed by atoms with Crippen LogP contribution < -0.4 is 4.90 Å². The van der Waals surface area contributed by atoms with Gasteiger partial charge in [-0.25, -0.2) is 4.52 Å². The first-order valence-electron chi connectivity index (χ1n) is 10.1. The standard InChI is InChI=1S/C23H23N7/c1-16-11-22(27-26-16)18-12-21(23-19(13-24)14-25-30(23)15-18)17-3-5-20(6-4-17)29-9-7-28(2)8-10-29/h3-6,11-12,14-15H,7-10H2,1-2H3,(H,26,27). The van der Waals surface area contributed by atoms with Crippen molar-refractivity contribution >= 4 is 11.2 Å². The normalized spacial score (nSPS) is 14.9. The van der Waals surface area contributed by atoms with E-state index in [9.17, 15) is 5.26 Å². The summed E-state index contributed by atoms with van der Waals surface area (Å²) in [6.45, 7) is 6.21. The van der Waals surface area contributed by atoms with Crippen molar-refractivity contribution in [3.8, 4) is 28.5 Å². The zero-order valence-corrected chi connectivity index (χ0v) is 17.1. The minimum atomic E-state index is 0.568. The molecule has 0 saturated carbocycles. The van der Waals surface area contributed by atoms with Crippen molar-refractivity contribution in [2.75, 3.05) is 38.1 Å². The Balaban J connectivity index is 1.58. The molecule has 4 heterocycles. The SMILES string of the molecule is Cc1cc(-c2cc(-c3ccc(N4CCN(C)CC4)cc3)c3c(C#N)cnn3c2)n[nH]1. The summed E-state index contributed by atoms with van der Waals surface area (Å²) in [5.74, 6) is 0. The van der Waals surface area contributed by atoms with Crippen LogP contribution >= 0.6 is 0 Å². The van der Waals surface area contributed by atoms with Gasteiger partial charge in [-0.05, 0) is 43.8 Å². The smallest absolute Gasteiger partial charge is 0.103 e. The number of nitrogens with zero attached hydrogens (tertiary/aromatic N) is 6. The number of aryl methyl sites for hydroxylation is 1. The molecular weight excluding hydrogens is 374 g/mol. The van der Waals surface area contributed by atoms with Crippen molar-refractivity contribution < 1.29 is 0 Å². The monoisotopic (exact) mass is 397 g/mol. The molecule has 150 valence electrons. The molecule has 1 aromatic carbocycles. The molecule has 1 aliphatic rings. The Kier molecular flexibility index (Phi) is 4.49. The molecule has 0 aliphatic carbocycles. The highest BCUT2D eigenvalue weighted by Gasteiger charge is 2.17. The Hall–Kier alpha value is -3.63. The second kappa shape index (κ2) is 7.32. The van der Waals surface area contributed by atoms with E-state index < -0.39 is 0 Å². The highest BCUT2D eigenvalue weighted by Crippen LogP contribution is 2.32. The molecule has 0 radical (unpaired) electrons. The van der Waals surface area contributed by atoms with E-state index in [1.54, 1.807) is 10.7 Å². The van der Waals surface area contributed by atoms with E-state index in [0.29, 0.717) is 5.56 Å². The van der Waals surface area contributed by atoms with Gasteiger partial charge in [-0.15, -0.1) is 0 Å². The third-order valence-electron chi connectivity index (χ3n) is 5.78. The third kappa shape index (κ3) is 3.21. The Labute approximate surface area is 175 Å². The van der Waals surface area contributed by atoms with E-state index in [0.717, 1.165) is 59.8 Å². The fourth-order valence-electron chi connectivity index (χ4n) is 4.05. The van der Waals surface area contributed by atoms with Crippen LogP contribution in [0.15, 0.2) is 48.8 Å². The number of nitriles is 1. The maximum atomic E-state index is 9.59. The molecule has 0 bridgehead atoms. The molecule has 1 N–H and O–H groups in total. The summed E-state index contributed by atoms with van der Waals surface area (Å²) in [6, 6.07) is 15.0. The highest BCUT2D eigenvalue weighted by atomic mass is 15.2. The van der Waals surface area contributed by atoms with Crippen LogP contribution in [0, 0.1) is 18.3 Å².